The van der Waals surface area contributed by atoms with E-state index in [0.717, 1.165) is 30.6 Å². The number of nitrogens with two attached hydrogens (primary N) is 1. The number of hydrogen-bond donors (Lipinski definition) is 2. The molecule has 20 heavy (non-hydrogen) atoms. The van der Waals surface area contributed by atoms with Crippen LogP contribution in [0.15, 0.2) is 18.2 Å². The minimum Gasteiger partial charge on any atom is -0.336 e. The number of nitrogens with zero attached hydrogens (tertiary/aromatic N) is 1. The van der Waals surface area contributed by atoms with Crippen molar-refractivity contribution in [2.24, 2.45) is 5.73 Å². The van der Waals surface area contributed by atoms with E-state index in [-0.39, 0.29) is 17.6 Å². The van der Waals surface area contributed by atoms with Gasteiger partial charge in [0.1, 0.15) is 0 Å². The van der Waals surface area contributed by atoms with Crippen LogP contribution in [0, 0.1) is 0 Å². The van der Waals surface area contributed by atoms with Gasteiger partial charge in [0, 0.05) is 23.8 Å². The molecule has 2 rings (SSSR count). The Morgan fingerprint density at radius 2 is 2.10 bits per heavy atom. The first-order valence-corrected chi connectivity index (χ1v) is 7.30. The van der Waals surface area contributed by atoms with Crippen molar-refractivity contribution in [3.05, 3.63) is 29.3 Å². The molecule has 0 aromatic heterocycles. The van der Waals surface area contributed by atoms with Gasteiger partial charge in [-0.2, -0.15) is 0 Å². The van der Waals surface area contributed by atoms with Crippen LogP contribution in [0.25, 0.3) is 0 Å². The van der Waals surface area contributed by atoms with Crippen molar-refractivity contribution < 1.29 is 4.79 Å². The monoisotopic (exact) mass is 275 g/mol. The Morgan fingerprint density at radius 1 is 1.40 bits per heavy atom. The van der Waals surface area contributed by atoms with Crippen molar-refractivity contribution in [1.29, 1.82) is 0 Å². The molecule has 0 fully saturated rings. The Kier molecular flexibility index (Phi) is 4.04. The molecule has 2 amide bonds. The van der Waals surface area contributed by atoms with Crippen LogP contribution in [0.5, 0.6) is 0 Å². The van der Waals surface area contributed by atoms with Crippen LogP contribution in [0.1, 0.15) is 45.2 Å². The van der Waals surface area contributed by atoms with Crippen molar-refractivity contribution in [3.8, 4) is 0 Å². The summed E-state index contributed by atoms with van der Waals surface area (Å²) < 4.78 is 0. The highest BCUT2D eigenvalue weighted by Crippen LogP contribution is 2.34. The lowest BCUT2D eigenvalue weighted by molar-refractivity contribution is 0.243. The molecule has 0 aliphatic carbocycles. The third-order valence-electron chi connectivity index (χ3n) is 3.60. The maximum absolute atomic E-state index is 12.3. The number of amides is 2. The quantitative estimate of drug-likeness (QED) is 0.872. The van der Waals surface area contributed by atoms with Crippen molar-refractivity contribution >= 4 is 11.7 Å². The molecule has 4 nitrogen and oxygen atoms in total. The van der Waals surface area contributed by atoms with Gasteiger partial charge < -0.3 is 11.1 Å². The fourth-order valence-electron chi connectivity index (χ4n) is 2.76. The fourth-order valence-corrected chi connectivity index (χ4v) is 2.76. The van der Waals surface area contributed by atoms with E-state index >= 15 is 0 Å². The van der Waals surface area contributed by atoms with Crippen LogP contribution >= 0.6 is 0 Å². The molecule has 1 heterocycles. The molecule has 0 saturated carbocycles. The van der Waals surface area contributed by atoms with E-state index in [4.69, 9.17) is 5.73 Å². The van der Waals surface area contributed by atoms with Gasteiger partial charge in [-0.15, -0.1) is 0 Å². The molecular weight excluding hydrogens is 250 g/mol. The molecule has 3 N–H and O–H groups in total. The van der Waals surface area contributed by atoms with Crippen LogP contribution in [0.4, 0.5) is 10.5 Å². The standard InChI is InChI=1S/C16H25N3O/c1-11(2)18-15(20)19-10-6-7-12-13(16(3,4)17)8-5-9-14(12)19/h5,8-9,11H,6-7,10,17H2,1-4H3,(H,18,20). The molecule has 0 atom stereocenters. The molecule has 0 radical (unpaired) electrons. The van der Waals surface area contributed by atoms with Crippen LogP contribution in [-0.4, -0.2) is 18.6 Å². The summed E-state index contributed by atoms with van der Waals surface area (Å²) in [6.07, 6.45) is 1.96. The van der Waals surface area contributed by atoms with Gasteiger partial charge in [-0.05, 0) is 57.7 Å². The van der Waals surface area contributed by atoms with Gasteiger partial charge in [0.05, 0.1) is 0 Å². The summed E-state index contributed by atoms with van der Waals surface area (Å²) >= 11 is 0. The topological polar surface area (TPSA) is 58.4 Å². The fraction of sp³-hybridized carbons (Fsp3) is 0.562. The van der Waals surface area contributed by atoms with Crippen molar-refractivity contribution in [3.63, 3.8) is 0 Å². The van der Waals surface area contributed by atoms with Crippen LogP contribution < -0.4 is 16.0 Å². The van der Waals surface area contributed by atoms with Crippen molar-refractivity contribution in [2.45, 2.75) is 52.1 Å². The molecule has 110 valence electrons. The third-order valence-corrected chi connectivity index (χ3v) is 3.60. The van der Waals surface area contributed by atoms with Crippen LogP contribution in [0.3, 0.4) is 0 Å². The van der Waals surface area contributed by atoms with Gasteiger partial charge in [-0.25, -0.2) is 4.79 Å². The van der Waals surface area contributed by atoms with E-state index in [1.165, 1.54) is 5.56 Å². The Labute approximate surface area is 121 Å². The lowest BCUT2D eigenvalue weighted by atomic mass is 9.86. The number of nitrogens with one attached hydrogen (secondary N) is 1. The van der Waals surface area contributed by atoms with Crippen LogP contribution in [0.2, 0.25) is 0 Å². The Morgan fingerprint density at radius 3 is 2.70 bits per heavy atom. The predicted molar refractivity (Wildman–Crippen MR) is 83.0 cm³/mol. The number of fused-ring (bicyclic) bond motifs is 1. The summed E-state index contributed by atoms with van der Waals surface area (Å²) in [6.45, 7) is 8.73. The average molecular weight is 275 g/mol. The number of hydrogen-bond acceptors (Lipinski definition) is 2. The van der Waals surface area contributed by atoms with E-state index in [9.17, 15) is 4.79 Å². The lowest BCUT2D eigenvalue weighted by Gasteiger charge is -2.34. The highest BCUT2D eigenvalue weighted by Gasteiger charge is 2.27. The number of urea groups is 1. The number of rotatable bonds is 2. The van der Waals surface area contributed by atoms with E-state index in [2.05, 4.69) is 11.4 Å². The van der Waals surface area contributed by atoms with Crippen LogP contribution in [-0.2, 0) is 12.0 Å². The largest absolute Gasteiger partial charge is 0.336 e. The van der Waals surface area contributed by atoms with Crippen molar-refractivity contribution in [1.82, 2.24) is 5.32 Å². The van der Waals surface area contributed by atoms with Gasteiger partial charge in [-0.1, -0.05) is 12.1 Å². The molecule has 1 aromatic carbocycles. The van der Waals surface area contributed by atoms with E-state index in [1.54, 1.807) is 0 Å². The number of carbonyl (C=O) groups is 1. The second-order valence-corrected chi connectivity index (χ2v) is 6.38. The maximum atomic E-state index is 12.3. The molecule has 0 spiro atoms. The Bertz CT molecular complexity index is 503. The highest BCUT2D eigenvalue weighted by atomic mass is 16.2. The van der Waals surface area contributed by atoms with E-state index in [1.807, 2.05) is 44.7 Å². The molecular formula is C16H25N3O. The Hall–Kier alpha value is -1.55. The molecule has 1 aliphatic heterocycles. The molecule has 0 saturated heterocycles. The first kappa shape index (κ1) is 14.9. The number of carbonyl (C=O) groups excluding carboxylic acids is 1. The highest BCUT2D eigenvalue weighted by molar-refractivity contribution is 5.93. The molecule has 0 unspecified atom stereocenters. The molecule has 4 heteroatoms. The summed E-state index contributed by atoms with van der Waals surface area (Å²) in [5, 5.41) is 2.97. The lowest BCUT2D eigenvalue weighted by Crippen LogP contribution is -2.46. The average Bonchev–Trinajstić information content (AvgIpc) is 2.35. The normalized spacial score (nSPS) is 15.2. The number of benzene rings is 1. The zero-order valence-electron chi connectivity index (χ0n) is 12.9. The molecule has 1 aliphatic rings. The summed E-state index contributed by atoms with van der Waals surface area (Å²) in [6, 6.07) is 6.20. The maximum Gasteiger partial charge on any atom is 0.322 e. The summed E-state index contributed by atoms with van der Waals surface area (Å²) in [5.74, 6) is 0. The number of anilines is 1. The van der Waals surface area contributed by atoms with Gasteiger partial charge in [0.25, 0.3) is 0 Å². The second kappa shape index (κ2) is 5.44. The SMILES string of the molecule is CC(C)NC(=O)N1CCCc2c1cccc2C(C)(C)N. The molecule has 0 bridgehead atoms. The zero-order chi connectivity index (χ0) is 14.9. The minimum atomic E-state index is -0.386. The summed E-state index contributed by atoms with van der Waals surface area (Å²) in [7, 11) is 0. The molecule has 1 aromatic rings. The first-order chi connectivity index (χ1) is 9.30. The van der Waals surface area contributed by atoms with E-state index < -0.39 is 0 Å². The van der Waals surface area contributed by atoms with Gasteiger partial charge >= 0.3 is 6.03 Å². The summed E-state index contributed by atoms with van der Waals surface area (Å²) in [5.41, 5.74) is 9.23. The van der Waals surface area contributed by atoms with Gasteiger partial charge in [0.15, 0.2) is 0 Å². The second-order valence-electron chi connectivity index (χ2n) is 6.38. The Balaban J connectivity index is 2.40. The van der Waals surface area contributed by atoms with Crippen molar-refractivity contribution in [2.75, 3.05) is 11.4 Å². The minimum absolute atomic E-state index is 0.0204. The van der Waals surface area contributed by atoms with E-state index in [0.29, 0.717) is 0 Å². The third kappa shape index (κ3) is 2.96. The first-order valence-electron chi connectivity index (χ1n) is 7.30. The predicted octanol–water partition coefficient (Wildman–Crippen LogP) is 2.75. The zero-order valence-corrected chi connectivity index (χ0v) is 12.9. The summed E-state index contributed by atoms with van der Waals surface area (Å²) in [4.78, 5) is 14.2. The van der Waals surface area contributed by atoms with Gasteiger partial charge in [0.2, 0.25) is 0 Å². The van der Waals surface area contributed by atoms with Gasteiger partial charge in [-0.3, -0.25) is 4.90 Å². The smallest absolute Gasteiger partial charge is 0.322 e.